The van der Waals surface area contributed by atoms with Crippen molar-refractivity contribution in [3.05, 3.63) is 76.9 Å². The molecule has 0 aliphatic carbocycles. The van der Waals surface area contributed by atoms with Gasteiger partial charge in [-0.1, -0.05) is 30.3 Å². The minimum atomic E-state index is -1.85. The zero-order chi connectivity index (χ0) is 19.1. The van der Waals surface area contributed by atoms with Crippen molar-refractivity contribution in [2.24, 2.45) is 0 Å². The van der Waals surface area contributed by atoms with Crippen LogP contribution in [0.4, 0.5) is 5.69 Å². The highest BCUT2D eigenvalue weighted by atomic mass is 16.3. The molecule has 2 aromatic rings. The van der Waals surface area contributed by atoms with E-state index in [9.17, 15) is 14.7 Å². The van der Waals surface area contributed by atoms with Crippen molar-refractivity contribution in [2.75, 3.05) is 11.4 Å². The van der Waals surface area contributed by atoms with E-state index in [1.165, 1.54) is 4.90 Å². The molecular weight excluding hydrogens is 326 g/mol. The van der Waals surface area contributed by atoms with Gasteiger partial charge in [-0.15, -0.1) is 6.58 Å². The Morgan fingerprint density at radius 1 is 1.15 bits per heavy atom. The Kier molecular flexibility index (Phi) is 4.55. The monoisotopic (exact) mass is 349 g/mol. The van der Waals surface area contributed by atoms with Crippen molar-refractivity contribution in [1.29, 1.82) is 0 Å². The second kappa shape index (κ2) is 6.54. The van der Waals surface area contributed by atoms with E-state index in [4.69, 9.17) is 0 Å². The highest BCUT2D eigenvalue weighted by Crippen LogP contribution is 2.42. The van der Waals surface area contributed by atoms with Crippen LogP contribution in [0.1, 0.15) is 39.0 Å². The fraction of sp³-hybridized carbons (Fsp3) is 0.273. The molecule has 0 bridgehead atoms. The SMILES string of the molecule is C=CCN1C(=O)[C@@](O)(CC(=O)c2cc(C)c(C)cc2C)c2ccccc21. The van der Waals surface area contributed by atoms with E-state index in [0.717, 1.165) is 16.7 Å². The molecule has 4 heteroatoms. The Morgan fingerprint density at radius 3 is 2.50 bits per heavy atom. The number of aryl methyl sites for hydroxylation is 3. The summed E-state index contributed by atoms with van der Waals surface area (Å²) in [7, 11) is 0. The minimum absolute atomic E-state index is 0.239. The van der Waals surface area contributed by atoms with Gasteiger partial charge in [0.15, 0.2) is 11.4 Å². The summed E-state index contributed by atoms with van der Waals surface area (Å²) in [6.07, 6.45) is 1.33. The number of benzene rings is 2. The van der Waals surface area contributed by atoms with E-state index >= 15 is 0 Å². The lowest BCUT2D eigenvalue weighted by Crippen LogP contribution is -2.42. The summed E-state index contributed by atoms with van der Waals surface area (Å²) in [5.74, 6) is -0.717. The van der Waals surface area contributed by atoms with Crippen LogP contribution in [0, 0.1) is 20.8 Å². The van der Waals surface area contributed by atoms with Gasteiger partial charge >= 0.3 is 0 Å². The summed E-state index contributed by atoms with van der Waals surface area (Å²) >= 11 is 0. The number of rotatable bonds is 5. The quantitative estimate of drug-likeness (QED) is 0.663. The summed E-state index contributed by atoms with van der Waals surface area (Å²) < 4.78 is 0. The van der Waals surface area contributed by atoms with E-state index in [0.29, 0.717) is 16.8 Å². The van der Waals surface area contributed by atoms with Gasteiger partial charge in [-0.2, -0.15) is 0 Å². The molecule has 1 N–H and O–H groups in total. The van der Waals surface area contributed by atoms with Gasteiger partial charge in [0.05, 0.1) is 12.1 Å². The van der Waals surface area contributed by atoms with Gasteiger partial charge in [0.25, 0.3) is 5.91 Å². The standard InChI is InChI=1S/C22H23NO3/c1-5-10-23-19-9-7-6-8-18(19)22(26,21(23)25)13-20(24)17-12-15(3)14(2)11-16(17)4/h5-9,11-12,26H,1,10,13H2,2-4H3/t22-/m1/s1. The Labute approximate surface area is 153 Å². The third kappa shape index (κ3) is 2.76. The lowest BCUT2D eigenvalue weighted by Gasteiger charge is -2.22. The van der Waals surface area contributed by atoms with Crippen LogP contribution < -0.4 is 4.90 Å². The lowest BCUT2D eigenvalue weighted by molar-refractivity contribution is -0.135. The fourth-order valence-corrected chi connectivity index (χ4v) is 3.58. The number of carbonyl (C=O) groups excluding carboxylic acids is 2. The molecule has 26 heavy (non-hydrogen) atoms. The van der Waals surface area contributed by atoms with Crippen molar-refractivity contribution >= 4 is 17.4 Å². The van der Waals surface area contributed by atoms with Crippen LogP contribution in [0.15, 0.2) is 49.1 Å². The van der Waals surface area contributed by atoms with Crippen molar-refractivity contribution in [3.8, 4) is 0 Å². The zero-order valence-electron chi connectivity index (χ0n) is 15.4. The molecule has 1 amide bonds. The van der Waals surface area contributed by atoms with Crippen LogP contribution in [0.5, 0.6) is 0 Å². The number of anilines is 1. The number of fused-ring (bicyclic) bond motifs is 1. The van der Waals surface area contributed by atoms with Crippen LogP contribution in [0.25, 0.3) is 0 Å². The third-order valence-electron chi connectivity index (χ3n) is 5.11. The molecule has 0 spiro atoms. The zero-order valence-corrected chi connectivity index (χ0v) is 15.4. The molecule has 0 fully saturated rings. The van der Waals surface area contributed by atoms with Crippen LogP contribution in [0.3, 0.4) is 0 Å². The van der Waals surface area contributed by atoms with Gasteiger partial charge in [-0.05, 0) is 49.6 Å². The summed E-state index contributed by atoms with van der Waals surface area (Å²) in [4.78, 5) is 27.4. The number of nitrogens with zero attached hydrogens (tertiary/aromatic N) is 1. The molecule has 1 aliphatic heterocycles. The molecule has 0 saturated heterocycles. The number of aliphatic hydroxyl groups is 1. The molecule has 0 aromatic heterocycles. The first-order valence-corrected chi connectivity index (χ1v) is 8.65. The Morgan fingerprint density at radius 2 is 1.81 bits per heavy atom. The number of hydrogen-bond acceptors (Lipinski definition) is 3. The first-order valence-electron chi connectivity index (χ1n) is 8.65. The first-order chi connectivity index (χ1) is 12.3. The number of Topliss-reactive ketones (excluding diaryl/α,β-unsaturated/α-hetero) is 1. The van der Waals surface area contributed by atoms with Crippen molar-refractivity contribution < 1.29 is 14.7 Å². The predicted octanol–water partition coefficient (Wildman–Crippen LogP) is 3.61. The maximum absolute atomic E-state index is 13.0. The molecule has 0 radical (unpaired) electrons. The van der Waals surface area contributed by atoms with Crippen molar-refractivity contribution in [3.63, 3.8) is 0 Å². The Hall–Kier alpha value is -2.72. The van der Waals surface area contributed by atoms with Crippen molar-refractivity contribution in [1.82, 2.24) is 0 Å². The predicted molar refractivity (Wildman–Crippen MR) is 102 cm³/mol. The van der Waals surface area contributed by atoms with Gasteiger partial charge in [-0.25, -0.2) is 0 Å². The van der Waals surface area contributed by atoms with E-state index in [1.807, 2.05) is 39.0 Å². The van der Waals surface area contributed by atoms with E-state index in [1.54, 1.807) is 24.3 Å². The number of para-hydroxylation sites is 1. The van der Waals surface area contributed by atoms with Crippen molar-refractivity contribution in [2.45, 2.75) is 32.8 Å². The number of amides is 1. The minimum Gasteiger partial charge on any atom is -0.375 e. The molecule has 1 heterocycles. The Balaban J connectivity index is 2.01. The average molecular weight is 349 g/mol. The molecule has 3 rings (SSSR count). The molecule has 4 nitrogen and oxygen atoms in total. The summed E-state index contributed by atoms with van der Waals surface area (Å²) in [6, 6.07) is 10.9. The molecule has 0 unspecified atom stereocenters. The van der Waals surface area contributed by atoms with Gasteiger partial charge in [0, 0.05) is 17.7 Å². The third-order valence-corrected chi connectivity index (χ3v) is 5.11. The largest absolute Gasteiger partial charge is 0.375 e. The summed E-state index contributed by atoms with van der Waals surface area (Å²) in [5, 5.41) is 11.2. The van der Waals surface area contributed by atoms with Gasteiger partial charge < -0.3 is 10.0 Å². The highest BCUT2D eigenvalue weighted by Gasteiger charge is 2.50. The molecular formula is C22H23NO3. The smallest absolute Gasteiger partial charge is 0.264 e. The van der Waals surface area contributed by atoms with E-state index in [2.05, 4.69) is 6.58 Å². The summed E-state index contributed by atoms with van der Waals surface area (Å²) in [5.41, 5.74) is 2.78. The Bertz CT molecular complexity index is 916. The second-order valence-electron chi connectivity index (χ2n) is 6.93. The molecule has 0 saturated carbocycles. The number of ketones is 1. The first kappa shape index (κ1) is 18.1. The highest BCUT2D eigenvalue weighted by molar-refractivity contribution is 6.11. The van der Waals surface area contributed by atoms with E-state index in [-0.39, 0.29) is 18.7 Å². The lowest BCUT2D eigenvalue weighted by atomic mass is 9.86. The number of carbonyl (C=O) groups is 2. The topological polar surface area (TPSA) is 57.6 Å². The van der Waals surface area contributed by atoms with Gasteiger partial charge in [0.1, 0.15) is 0 Å². The van der Waals surface area contributed by atoms with E-state index < -0.39 is 11.5 Å². The summed E-state index contributed by atoms with van der Waals surface area (Å²) in [6.45, 7) is 9.78. The molecule has 1 aliphatic rings. The molecule has 1 atom stereocenters. The second-order valence-corrected chi connectivity index (χ2v) is 6.93. The average Bonchev–Trinajstić information content (AvgIpc) is 2.81. The molecule has 134 valence electrons. The van der Waals surface area contributed by atoms with Crippen LogP contribution in [-0.2, 0) is 10.4 Å². The normalized spacial score (nSPS) is 18.8. The number of hydrogen-bond donors (Lipinski definition) is 1. The fourth-order valence-electron chi connectivity index (χ4n) is 3.58. The van der Waals surface area contributed by atoms with Crippen LogP contribution in [-0.4, -0.2) is 23.3 Å². The van der Waals surface area contributed by atoms with Gasteiger partial charge in [-0.3, -0.25) is 9.59 Å². The van der Waals surface area contributed by atoms with Gasteiger partial charge in [0.2, 0.25) is 0 Å². The molecule has 2 aromatic carbocycles. The van der Waals surface area contributed by atoms with Crippen LogP contribution >= 0.6 is 0 Å². The maximum Gasteiger partial charge on any atom is 0.264 e. The maximum atomic E-state index is 13.0. The van der Waals surface area contributed by atoms with Crippen LogP contribution in [0.2, 0.25) is 0 Å².